The molecule has 1 N–H and O–H groups in total. The zero-order valence-electron chi connectivity index (χ0n) is 18.8. The number of hydrogen-bond acceptors (Lipinski definition) is 4. The van der Waals surface area contributed by atoms with Gasteiger partial charge in [-0.2, -0.15) is 13.2 Å². The second-order valence-electron chi connectivity index (χ2n) is 10.6. The summed E-state index contributed by atoms with van der Waals surface area (Å²) in [6, 6.07) is -1.41. The Morgan fingerprint density at radius 1 is 1.19 bits per heavy atom. The van der Waals surface area contributed by atoms with Crippen LogP contribution in [-0.4, -0.2) is 86.1 Å². The van der Waals surface area contributed by atoms with Crippen molar-refractivity contribution in [2.75, 3.05) is 26.2 Å². The number of halogens is 4. The molecule has 3 fully saturated rings. The first-order chi connectivity index (χ1) is 14.1. The molecule has 2 aliphatic heterocycles. The van der Waals surface area contributed by atoms with Crippen LogP contribution in [0.15, 0.2) is 0 Å². The first-order valence-corrected chi connectivity index (χ1v) is 13.7. The summed E-state index contributed by atoms with van der Waals surface area (Å²) in [5, 5.41) is 2.75. The summed E-state index contributed by atoms with van der Waals surface area (Å²) >= 11 is 0. The van der Waals surface area contributed by atoms with E-state index in [0.717, 1.165) is 4.90 Å². The van der Waals surface area contributed by atoms with Gasteiger partial charge in [0.05, 0.1) is 24.2 Å². The summed E-state index contributed by atoms with van der Waals surface area (Å²) in [5.41, 5.74) is -0.983. The summed E-state index contributed by atoms with van der Waals surface area (Å²) in [6.07, 6.45) is -5.22. The molecule has 6 nitrogen and oxygen atoms in total. The average Bonchev–Trinajstić information content (AvgIpc) is 3.27. The van der Waals surface area contributed by atoms with Gasteiger partial charge in [0.1, 0.15) is 6.17 Å². The topological polar surface area (TPSA) is 61.9 Å². The summed E-state index contributed by atoms with van der Waals surface area (Å²) < 4.78 is 59.7. The lowest BCUT2D eigenvalue weighted by atomic mass is 10.0. The van der Waals surface area contributed by atoms with Crippen molar-refractivity contribution in [3.05, 3.63) is 0 Å². The van der Waals surface area contributed by atoms with Gasteiger partial charge < -0.3 is 19.5 Å². The van der Waals surface area contributed by atoms with Crippen molar-refractivity contribution >= 4 is 20.1 Å². The third-order valence-electron chi connectivity index (χ3n) is 7.29. The van der Waals surface area contributed by atoms with Gasteiger partial charge >= 0.3 is 12.1 Å². The molecular formula is C20H33F4N3O3Si. The molecular weight excluding hydrogens is 434 g/mol. The molecule has 178 valence electrons. The molecule has 1 saturated carbocycles. The molecule has 0 aromatic rings. The fourth-order valence-electron chi connectivity index (χ4n) is 4.06. The van der Waals surface area contributed by atoms with E-state index in [1.165, 1.54) is 4.90 Å². The van der Waals surface area contributed by atoms with E-state index in [1.54, 1.807) is 0 Å². The van der Waals surface area contributed by atoms with Crippen molar-refractivity contribution in [1.29, 1.82) is 0 Å². The van der Waals surface area contributed by atoms with Crippen LogP contribution in [0.2, 0.25) is 18.1 Å². The molecule has 2 heterocycles. The van der Waals surface area contributed by atoms with Crippen LogP contribution in [-0.2, 0) is 14.0 Å². The van der Waals surface area contributed by atoms with Gasteiger partial charge in [0.25, 0.3) is 0 Å². The highest BCUT2D eigenvalue weighted by molar-refractivity contribution is 6.74. The molecule has 2 amide bonds. The van der Waals surface area contributed by atoms with Crippen molar-refractivity contribution in [3.63, 3.8) is 0 Å². The van der Waals surface area contributed by atoms with E-state index >= 15 is 0 Å². The number of hydrogen-bond donors (Lipinski definition) is 1. The van der Waals surface area contributed by atoms with E-state index in [2.05, 4.69) is 5.32 Å². The first kappa shape index (κ1) is 24.4. The third kappa shape index (κ3) is 4.92. The molecule has 0 radical (unpaired) electrons. The van der Waals surface area contributed by atoms with Gasteiger partial charge in [0.15, 0.2) is 8.32 Å². The van der Waals surface area contributed by atoms with Gasteiger partial charge in [0.2, 0.25) is 5.91 Å². The second kappa shape index (κ2) is 7.98. The number of alkyl halides is 4. The van der Waals surface area contributed by atoms with Crippen molar-refractivity contribution in [3.8, 4) is 0 Å². The molecule has 2 saturated heterocycles. The lowest BCUT2D eigenvalue weighted by Gasteiger charge is -2.49. The summed E-state index contributed by atoms with van der Waals surface area (Å²) in [5.74, 6) is -2.19. The van der Waals surface area contributed by atoms with Gasteiger partial charge in [-0.05, 0) is 31.0 Å². The maximum atomic E-state index is 13.7. The molecule has 0 aromatic heterocycles. The largest absolute Gasteiger partial charge is 0.471 e. The molecule has 31 heavy (non-hydrogen) atoms. The van der Waals surface area contributed by atoms with Crippen molar-refractivity contribution in [2.45, 2.75) is 88.1 Å². The van der Waals surface area contributed by atoms with Crippen LogP contribution in [0.5, 0.6) is 0 Å². The third-order valence-corrected chi connectivity index (χ3v) is 11.8. The lowest BCUT2D eigenvalue weighted by molar-refractivity contribution is -0.194. The highest BCUT2D eigenvalue weighted by atomic mass is 28.4. The number of piperazine rings is 1. The van der Waals surface area contributed by atoms with Gasteiger partial charge in [-0.15, -0.1) is 0 Å². The minimum Gasteiger partial charge on any atom is -0.415 e. The van der Waals surface area contributed by atoms with E-state index in [9.17, 15) is 27.2 Å². The van der Waals surface area contributed by atoms with Crippen LogP contribution in [0.3, 0.4) is 0 Å². The molecule has 3 aliphatic rings. The van der Waals surface area contributed by atoms with Crippen LogP contribution in [0, 0.1) is 0 Å². The fourth-order valence-corrected chi connectivity index (χ4v) is 5.10. The Hall–Kier alpha value is -1.20. The van der Waals surface area contributed by atoms with E-state index in [1.807, 2.05) is 33.9 Å². The van der Waals surface area contributed by atoms with Crippen LogP contribution < -0.4 is 5.32 Å². The zero-order chi connectivity index (χ0) is 23.4. The molecule has 11 heteroatoms. The van der Waals surface area contributed by atoms with Crippen molar-refractivity contribution in [1.82, 2.24) is 15.1 Å². The highest BCUT2D eigenvalue weighted by Crippen LogP contribution is 2.47. The van der Waals surface area contributed by atoms with E-state index in [4.69, 9.17) is 4.43 Å². The van der Waals surface area contributed by atoms with Crippen LogP contribution in [0.1, 0.15) is 40.0 Å². The summed E-state index contributed by atoms with van der Waals surface area (Å²) in [6.45, 7) is 10.1. The normalized spacial score (nSPS) is 28.9. The highest BCUT2D eigenvalue weighted by Gasteiger charge is 2.60. The predicted octanol–water partition coefficient (Wildman–Crippen LogP) is 2.84. The number of rotatable bonds is 4. The molecule has 0 unspecified atom stereocenters. The Labute approximate surface area is 181 Å². The molecule has 3 atom stereocenters. The second-order valence-corrected chi connectivity index (χ2v) is 15.4. The number of carbonyl (C=O) groups is 2. The number of carbonyl (C=O) groups excluding carboxylic acids is 2. The molecule has 1 aliphatic carbocycles. The maximum Gasteiger partial charge on any atom is 0.471 e. The number of amides is 2. The standard InChI is InChI=1S/C20H33F4N3O3Si/c1-18(2,3)31(4,5)30-11-14-10-27(17(29)20(22,23)24)19(6-7-19)12-26(14)16(28)15-8-13(21)9-25-15/h13-15,25H,6-12H2,1-5H3/t13-,14-,15+/m1/s1. The Kier molecular flexibility index (Phi) is 6.29. The van der Waals surface area contributed by atoms with Crippen molar-refractivity contribution in [2.24, 2.45) is 0 Å². The SMILES string of the molecule is CC(C)(C)[Si](C)(C)OC[C@H]1CN(C(=O)C(F)(F)F)C2(CC2)CN1C(=O)[C@@H]1C[C@@H](F)CN1. The maximum absolute atomic E-state index is 13.7. The quantitative estimate of drug-likeness (QED) is 0.510. The first-order valence-electron chi connectivity index (χ1n) is 10.8. The minimum atomic E-state index is -4.97. The van der Waals surface area contributed by atoms with E-state index in [0.29, 0.717) is 12.8 Å². The monoisotopic (exact) mass is 467 g/mol. The Balaban J connectivity index is 1.84. The fraction of sp³-hybridized carbons (Fsp3) is 0.900. The predicted molar refractivity (Wildman–Crippen MR) is 110 cm³/mol. The molecule has 3 rings (SSSR count). The number of nitrogens with one attached hydrogen (secondary N) is 1. The molecule has 1 spiro atoms. The van der Waals surface area contributed by atoms with Gasteiger partial charge in [-0.3, -0.25) is 9.59 Å². The Morgan fingerprint density at radius 2 is 1.81 bits per heavy atom. The molecule has 0 aromatic carbocycles. The molecule has 0 bridgehead atoms. The van der Waals surface area contributed by atoms with Gasteiger partial charge in [-0.1, -0.05) is 20.8 Å². The smallest absolute Gasteiger partial charge is 0.415 e. The van der Waals surface area contributed by atoms with E-state index in [-0.39, 0.29) is 43.6 Å². The Morgan fingerprint density at radius 3 is 2.26 bits per heavy atom. The Bertz CT molecular complexity index is 721. The average molecular weight is 468 g/mol. The summed E-state index contributed by atoms with van der Waals surface area (Å²) in [4.78, 5) is 27.8. The minimum absolute atomic E-state index is 0.0221. The summed E-state index contributed by atoms with van der Waals surface area (Å²) in [7, 11) is -2.24. The van der Waals surface area contributed by atoms with Crippen LogP contribution >= 0.6 is 0 Å². The van der Waals surface area contributed by atoms with Crippen LogP contribution in [0.25, 0.3) is 0 Å². The van der Waals surface area contributed by atoms with Crippen molar-refractivity contribution < 1.29 is 31.6 Å². The van der Waals surface area contributed by atoms with E-state index < -0.39 is 44.2 Å². The van der Waals surface area contributed by atoms with Gasteiger partial charge in [-0.25, -0.2) is 4.39 Å². The van der Waals surface area contributed by atoms with Crippen LogP contribution in [0.4, 0.5) is 17.6 Å². The lowest BCUT2D eigenvalue weighted by Crippen LogP contribution is -2.67. The van der Waals surface area contributed by atoms with Gasteiger partial charge in [0, 0.05) is 26.1 Å². The number of nitrogens with zero attached hydrogens (tertiary/aromatic N) is 2. The zero-order valence-corrected chi connectivity index (χ0v) is 19.8.